The smallest absolute Gasteiger partial charge is 0.166 e. The predicted molar refractivity (Wildman–Crippen MR) is 81.4 cm³/mol. The molecule has 1 unspecified atom stereocenters. The van der Waals surface area contributed by atoms with Crippen LogP contribution in [0.5, 0.6) is 11.5 Å². The van der Waals surface area contributed by atoms with Crippen LogP contribution in [0.4, 0.5) is 10.1 Å². The lowest BCUT2D eigenvalue weighted by Gasteiger charge is -2.22. The number of nitrogens with two attached hydrogens (primary N) is 1. The van der Waals surface area contributed by atoms with Crippen molar-refractivity contribution in [3.05, 3.63) is 53.8 Å². The van der Waals surface area contributed by atoms with E-state index in [1.54, 1.807) is 26.4 Å². The van der Waals surface area contributed by atoms with Crippen LogP contribution in [-0.2, 0) is 0 Å². The molecule has 0 bridgehead atoms. The Labute approximate surface area is 123 Å². The minimum absolute atomic E-state index is 0.166. The van der Waals surface area contributed by atoms with Crippen molar-refractivity contribution in [1.82, 2.24) is 0 Å². The largest absolute Gasteiger partial charge is 0.493 e. The third kappa shape index (κ3) is 3.44. The minimum Gasteiger partial charge on any atom is -0.493 e. The van der Waals surface area contributed by atoms with Crippen LogP contribution in [0.15, 0.2) is 42.5 Å². The number of hydrogen-bond acceptors (Lipinski definition) is 4. The molecule has 0 aromatic heterocycles. The van der Waals surface area contributed by atoms with Gasteiger partial charge in [0, 0.05) is 17.8 Å². The Kier molecular flexibility index (Phi) is 5.00. The molecule has 4 nitrogen and oxygen atoms in total. The minimum atomic E-state index is -0.274. The van der Waals surface area contributed by atoms with Gasteiger partial charge in [0.1, 0.15) is 5.82 Å². The maximum absolute atomic E-state index is 13.0. The maximum Gasteiger partial charge on any atom is 0.166 e. The average Bonchev–Trinajstić information content (AvgIpc) is 2.53. The molecule has 0 aliphatic carbocycles. The highest BCUT2D eigenvalue weighted by molar-refractivity contribution is 5.52. The van der Waals surface area contributed by atoms with Gasteiger partial charge in [0.05, 0.1) is 20.3 Å². The number of para-hydroxylation sites is 1. The highest BCUT2D eigenvalue weighted by Gasteiger charge is 2.17. The summed E-state index contributed by atoms with van der Waals surface area (Å²) in [5, 5.41) is 3.27. The van der Waals surface area contributed by atoms with Crippen molar-refractivity contribution in [2.45, 2.75) is 6.04 Å². The van der Waals surface area contributed by atoms with E-state index in [4.69, 9.17) is 15.2 Å². The second-order valence-corrected chi connectivity index (χ2v) is 4.52. The van der Waals surface area contributed by atoms with E-state index in [1.165, 1.54) is 12.1 Å². The molecule has 0 aliphatic heterocycles. The number of halogens is 1. The van der Waals surface area contributed by atoms with Crippen molar-refractivity contribution in [3.63, 3.8) is 0 Å². The van der Waals surface area contributed by atoms with Crippen molar-refractivity contribution < 1.29 is 13.9 Å². The summed E-state index contributed by atoms with van der Waals surface area (Å²) in [6.45, 7) is 0.362. The topological polar surface area (TPSA) is 56.5 Å². The highest BCUT2D eigenvalue weighted by atomic mass is 19.1. The Morgan fingerprint density at radius 3 is 2.38 bits per heavy atom. The Hall–Kier alpha value is -2.27. The molecule has 2 aromatic rings. The van der Waals surface area contributed by atoms with Gasteiger partial charge in [-0.25, -0.2) is 4.39 Å². The third-order valence-electron chi connectivity index (χ3n) is 3.23. The van der Waals surface area contributed by atoms with Crippen LogP contribution >= 0.6 is 0 Å². The second-order valence-electron chi connectivity index (χ2n) is 4.52. The zero-order valence-corrected chi connectivity index (χ0v) is 12.1. The molecular formula is C16H19FN2O2. The first kappa shape index (κ1) is 15.1. The quantitative estimate of drug-likeness (QED) is 0.859. The van der Waals surface area contributed by atoms with E-state index >= 15 is 0 Å². The summed E-state index contributed by atoms with van der Waals surface area (Å²) in [4.78, 5) is 0. The Bertz CT molecular complexity index is 587. The first-order valence-electron chi connectivity index (χ1n) is 6.62. The van der Waals surface area contributed by atoms with Gasteiger partial charge < -0.3 is 20.5 Å². The van der Waals surface area contributed by atoms with E-state index in [9.17, 15) is 4.39 Å². The van der Waals surface area contributed by atoms with E-state index < -0.39 is 0 Å². The first-order chi connectivity index (χ1) is 10.2. The number of nitrogens with one attached hydrogen (secondary N) is 1. The fourth-order valence-corrected chi connectivity index (χ4v) is 2.20. The molecule has 0 fully saturated rings. The van der Waals surface area contributed by atoms with Gasteiger partial charge in [0.25, 0.3) is 0 Å². The molecule has 0 amide bonds. The maximum atomic E-state index is 13.0. The monoisotopic (exact) mass is 290 g/mol. The van der Waals surface area contributed by atoms with Gasteiger partial charge in [0.15, 0.2) is 11.5 Å². The molecule has 0 saturated heterocycles. The lowest BCUT2D eigenvalue weighted by molar-refractivity contribution is 0.350. The zero-order valence-electron chi connectivity index (χ0n) is 12.1. The van der Waals surface area contributed by atoms with Gasteiger partial charge in [-0.3, -0.25) is 0 Å². The van der Waals surface area contributed by atoms with E-state index in [2.05, 4.69) is 5.32 Å². The van der Waals surface area contributed by atoms with E-state index in [-0.39, 0.29) is 11.9 Å². The van der Waals surface area contributed by atoms with Crippen LogP contribution in [0, 0.1) is 5.82 Å². The van der Waals surface area contributed by atoms with Gasteiger partial charge in [-0.2, -0.15) is 0 Å². The van der Waals surface area contributed by atoms with Crippen LogP contribution in [-0.4, -0.2) is 20.8 Å². The third-order valence-corrected chi connectivity index (χ3v) is 3.23. The molecule has 2 rings (SSSR count). The SMILES string of the molecule is COc1cccc(C(CN)Nc2ccc(F)cc2)c1OC. The summed E-state index contributed by atoms with van der Waals surface area (Å²) in [6.07, 6.45) is 0. The lowest BCUT2D eigenvalue weighted by Crippen LogP contribution is -2.21. The molecule has 0 saturated carbocycles. The fourth-order valence-electron chi connectivity index (χ4n) is 2.20. The molecule has 0 radical (unpaired) electrons. The zero-order chi connectivity index (χ0) is 15.2. The van der Waals surface area contributed by atoms with Crippen molar-refractivity contribution >= 4 is 5.69 Å². The molecule has 21 heavy (non-hydrogen) atoms. The van der Waals surface area contributed by atoms with Gasteiger partial charge in [-0.15, -0.1) is 0 Å². The van der Waals surface area contributed by atoms with Crippen LogP contribution in [0.3, 0.4) is 0 Å². The van der Waals surface area contributed by atoms with Gasteiger partial charge in [-0.05, 0) is 30.3 Å². The molecule has 1 atom stereocenters. The van der Waals surface area contributed by atoms with Crippen LogP contribution in [0.1, 0.15) is 11.6 Å². The molecular weight excluding hydrogens is 271 g/mol. The Balaban J connectivity index is 2.31. The van der Waals surface area contributed by atoms with Crippen LogP contribution < -0.4 is 20.5 Å². The van der Waals surface area contributed by atoms with Gasteiger partial charge >= 0.3 is 0 Å². The van der Waals surface area contributed by atoms with Crippen molar-refractivity contribution in [2.24, 2.45) is 5.73 Å². The van der Waals surface area contributed by atoms with Gasteiger partial charge in [-0.1, -0.05) is 12.1 Å². The number of anilines is 1. The number of benzene rings is 2. The summed E-state index contributed by atoms with van der Waals surface area (Å²) >= 11 is 0. The molecule has 0 aliphatic rings. The number of rotatable bonds is 6. The average molecular weight is 290 g/mol. The summed E-state index contributed by atoms with van der Waals surface area (Å²) in [5.74, 6) is 1.02. The molecule has 3 N–H and O–H groups in total. The van der Waals surface area contributed by atoms with E-state index in [0.717, 1.165) is 11.3 Å². The summed E-state index contributed by atoms with van der Waals surface area (Å²) < 4.78 is 23.7. The Morgan fingerprint density at radius 1 is 1.10 bits per heavy atom. The normalized spacial score (nSPS) is 11.8. The van der Waals surface area contributed by atoms with Crippen LogP contribution in [0.2, 0.25) is 0 Å². The van der Waals surface area contributed by atoms with Crippen molar-refractivity contribution in [3.8, 4) is 11.5 Å². The van der Waals surface area contributed by atoms with Crippen molar-refractivity contribution in [2.75, 3.05) is 26.1 Å². The van der Waals surface area contributed by atoms with Gasteiger partial charge in [0.2, 0.25) is 0 Å². The number of methoxy groups -OCH3 is 2. The molecule has 2 aromatic carbocycles. The first-order valence-corrected chi connectivity index (χ1v) is 6.62. The standard InChI is InChI=1S/C16H19FN2O2/c1-20-15-5-3-4-13(16(15)21-2)14(10-18)19-12-8-6-11(17)7-9-12/h3-9,14,19H,10,18H2,1-2H3. The van der Waals surface area contributed by atoms with E-state index in [0.29, 0.717) is 18.0 Å². The summed E-state index contributed by atoms with van der Waals surface area (Å²) in [6, 6.07) is 11.6. The van der Waals surface area contributed by atoms with Crippen LogP contribution in [0.25, 0.3) is 0 Å². The molecule has 112 valence electrons. The molecule has 0 heterocycles. The fraction of sp³-hybridized carbons (Fsp3) is 0.250. The summed E-state index contributed by atoms with van der Waals surface area (Å²) in [7, 11) is 3.18. The summed E-state index contributed by atoms with van der Waals surface area (Å²) in [5.41, 5.74) is 7.55. The lowest BCUT2D eigenvalue weighted by atomic mass is 10.0. The highest BCUT2D eigenvalue weighted by Crippen LogP contribution is 2.35. The Morgan fingerprint density at radius 2 is 1.81 bits per heavy atom. The van der Waals surface area contributed by atoms with E-state index in [1.807, 2.05) is 18.2 Å². The number of ether oxygens (including phenoxy) is 2. The predicted octanol–water partition coefficient (Wildman–Crippen LogP) is 2.95. The molecule has 0 spiro atoms. The molecule has 5 heteroatoms. The number of hydrogen-bond donors (Lipinski definition) is 2. The van der Waals surface area contributed by atoms with Crippen molar-refractivity contribution in [1.29, 1.82) is 0 Å². The second kappa shape index (κ2) is 6.95.